The zero-order valence-corrected chi connectivity index (χ0v) is 11.9. The normalized spacial score (nSPS) is 10.4. The molecule has 0 aliphatic rings. The monoisotopic (exact) mass is 295 g/mol. The molecule has 0 unspecified atom stereocenters. The van der Waals surface area contributed by atoms with Crippen molar-refractivity contribution in [1.29, 1.82) is 0 Å². The van der Waals surface area contributed by atoms with Crippen molar-refractivity contribution in [2.45, 2.75) is 6.61 Å². The van der Waals surface area contributed by atoms with Gasteiger partial charge in [-0.3, -0.25) is 0 Å². The third kappa shape index (κ3) is 4.43. The Balaban J connectivity index is 1.71. The van der Waals surface area contributed by atoms with Crippen LogP contribution in [0.15, 0.2) is 48.5 Å². The molecule has 0 amide bonds. The zero-order chi connectivity index (χ0) is 13.5. The van der Waals surface area contributed by atoms with E-state index in [1.165, 1.54) is 0 Å². The summed E-state index contributed by atoms with van der Waals surface area (Å²) in [5, 5.41) is 4.68. The first-order valence-electron chi connectivity index (χ1n) is 6.07. The molecule has 0 aliphatic heterocycles. The highest BCUT2D eigenvalue weighted by Gasteiger charge is 1.99. The zero-order valence-electron chi connectivity index (χ0n) is 10.4. The SMILES string of the molecule is Clc1ccccc1COCCNc1ccccc1Cl. The van der Waals surface area contributed by atoms with Gasteiger partial charge in [-0.1, -0.05) is 53.5 Å². The summed E-state index contributed by atoms with van der Waals surface area (Å²) in [5.74, 6) is 0. The Morgan fingerprint density at radius 1 is 0.895 bits per heavy atom. The Morgan fingerprint density at radius 3 is 2.32 bits per heavy atom. The van der Waals surface area contributed by atoms with Gasteiger partial charge in [-0.2, -0.15) is 0 Å². The Kier molecular flexibility index (Phi) is 5.52. The largest absolute Gasteiger partial charge is 0.382 e. The van der Waals surface area contributed by atoms with Crippen LogP contribution >= 0.6 is 23.2 Å². The Morgan fingerprint density at radius 2 is 1.58 bits per heavy atom. The lowest BCUT2D eigenvalue weighted by molar-refractivity contribution is 0.130. The summed E-state index contributed by atoms with van der Waals surface area (Å²) < 4.78 is 5.57. The summed E-state index contributed by atoms with van der Waals surface area (Å²) in [6, 6.07) is 15.3. The number of hydrogen-bond acceptors (Lipinski definition) is 2. The second-order valence-corrected chi connectivity index (χ2v) is 4.87. The summed E-state index contributed by atoms with van der Waals surface area (Å²) >= 11 is 12.1. The molecule has 1 N–H and O–H groups in total. The third-order valence-corrected chi connectivity index (χ3v) is 3.35. The number of para-hydroxylation sites is 1. The van der Waals surface area contributed by atoms with Crippen molar-refractivity contribution < 1.29 is 4.74 Å². The van der Waals surface area contributed by atoms with Gasteiger partial charge in [-0.05, 0) is 23.8 Å². The van der Waals surface area contributed by atoms with E-state index < -0.39 is 0 Å². The van der Waals surface area contributed by atoms with Gasteiger partial charge in [0.2, 0.25) is 0 Å². The standard InChI is InChI=1S/C15H15Cl2NO/c16-13-6-2-1-5-12(13)11-19-10-9-18-15-8-4-3-7-14(15)17/h1-8,18H,9-11H2. The highest BCUT2D eigenvalue weighted by atomic mass is 35.5. The smallest absolute Gasteiger partial charge is 0.0732 e. The number of hydrogen-bond donors (Lipinski definition) is 1. The van der Waals surface area contributed by atoms with Crippen LogP contribution in [-0.4, -0.2) is 13.2 Å². The minimum atomic E-state index is 0.518. The molecule has 0 atom stereocenters. The molecule has 0 saturated heterocycles. The first kappa shape index (κ1) is 14.2. The molecule has 100 valence electrons. The topological polar surface area (TPSA) is 21.3 Å². The number of benzene rings is 2. The van der Waals surface area contributed by atoms with Crippen molar-refractivity contribution in [3.8, 4) is 0 Å². The molecule has 0 spiro atoms. The minimum Gasteiger partial charge on any atom is -0.382 e. The number of ether oxygens (including phenoxy) is 1. The molecule has 2 aromatic carbocycles. The lowest BCUT2D eigenvalue weighted by Crippen LogP contribution is -2.09. The van der Waals surface area contributed by atoms with E-state index in [4.69, 9.17) is 27.9 Å². The molecule has 4 heteroatoms. The van der Waals surface area contributed by atoms with E-state index in [0.29, 0.717) is 24.8 Å². The van der Waals surface area contributed by atoms with Gasteiger partial charge in [0.05, 0.1) is 23.9 Å². The summed E-state index contributed by atoms with van der Waals surface area (Å²) in [4.78, 5) is 0. The van der Waals surface area contributed by atoms with Crippen LogP contribution in [0, 0.1) is 0 Å². The highest BCUT2D eigenvalue weighted by Crippen LogP contribution is 2.20. The van der Waals surface area contributed by atoms with Crippen LogP contribution in [0.5, 0.6) is 0 Å². The average Bonchev–Trinajstić information content (AvgIpc) is 2.42. The maximum atomic E-state index is 6.04. The molecule has 0 bridgehead atoms. The fourth-order valence-electron chi connectivity index (χ4n) is 1.66. The second-order valence-electron chi connectivity index (χ2n) is 4.05. The van der Waals surface area contributed by atoms with Crippen molar-refractivity contribution in [2.75, 3.05) is 18.5 Å². The molecule has 2 rings (SSSR count). The predicted molar refractivity (Wildman–Crippen MR) is 81.0 cm³/mol. The number of halogens is 2. The van der Waals surface area contributed by atoms with Crippen LogP contribution in [0.25, 0.3) is 0 Å². The quantitative estimate of drug-likeness (QED) is 0.785. The molecule has 0 heterocycles. The van der Waals surface area contributed by atoms with Crippen LogP contribution in [0.2, 0.25) is 10.0 Å². The summed E-state index contributed by atoms with van der Waals surface area (Å²) in [6.45, 7) is 1.81. The van der Waals surface area contributed by atoms with Crippen molar-refractivity contribution in [1.82, 2.24) is 0 Å². The van der Waals surface area contributed by atoms with Crippen molar-refractivity contribution in [3.63, 3.8) is 0 Å². The van der Waals surface area contributed by atoms with Crippen molar-refractivity contribution >= 4 is 28.9 Å². The molecule has 19 heavy (non-hydrogen) atoms. The number of nitrogens with one attached hydrogen (secondary N) is 1. The number of rotatable bonds is 6. The molecule has 2 aromatic rings. The van der Waals surface area contributed by atoms with Gasteiger partial charge in [0.25, 0.3) is 0 Å². The molecule has 2 nitrogen and oxygen atoms in total. The van der Waals surface area contributed by atoms with Crippen LogP contribution in [0.4, 0.5) is 5.69 Å². The van der Waals surface area contributed by atoms with Crippen LogP contribution in [0.3, 0.4) is 0 Å². The van der Waals surface area contributed by atoms with Gasteiger partial charge in [0.1, 0.15) is 0 Å². The van der Waals surface area contributed by atoms with Gasteiger partial charge in [-0.25, -0.2) is 0 Å². The fourth-order valence-corrected chi connectivity index (χ4v) is 2.05. The van der Waals surface area contributed by atoms with E-state index in [-0.39, 0.29) is 0 Å². The molecule has 0 aromatic heterocycles. The van der Waals surface area contributed by atoms with Gasteiger partial charge >= 0.3 is 0 Å². The molecule has 0 fully saturated rings. The minimum absolute atomic E-state index is 0.518. The Labute approximate surface area is 123 Å². The lowest BCUT2D eigenvalue weighted by atomic mass is 10.2. The maximum absolute atomic E-state index is 6.04. The molecule has 0 radical (unpaired) electrons. The van der Waals surface area contributed by atoms with Gasteiger partial charge in [0.15, 0.2) is 0 Å². The van der Waals surface area contributed by atoms with E-state index in [1.807, 2.05) is 48.5 Å². The summed E-state index contributed by atoms with van der Waals surface area (Å²) in [7, 11) is 0. The predicted octanol–water partition coefficient (Wildman–Crippen LogP) is 4.62. The van der Waals surface area contributed by atoms with Gasteiger partial charge in [-0.15, -0.1) is 0 Å². The van der Waals surface area contributed by atoms with E-state index >= 15 is 0 Å². The molecule has 0 aliphatic carbocycles. The van der Waals surface area contributed by atoms with Crippen molar-refractivity contribution in [2.24, 2.45) is 0 Å². The van der Waals surface area contributed by atoms with Crippen molar-refractivity contribution in [3.05, 3.63) is 64.1 Å². The number of anilines is 1. The average molecular weight is 296 g/mol. The first-order valence-corrected chi connectivity index (χ1v) is 6.82. The van der Waals surface area contributed by atoms with Crippen LogP contribution in [-0.2, 0) is 11.3 Å². The highest BCUT2D eigenvalue weighted by molar-refractivity contribution is 6.33. The van der Waals surface area contributed by atoms with E-state index in [2.05, 4.69) is 5.32 Å². The van der Waals surface area contributed by atoms with Crippen LogP contribution < -0.4 is 5.32 Å². The van der Waals surface area contributed by atoms with Crippen LogP contribution in [0.1, 0.15) is 5.56 Å². The lowest BCUT2D eigenvalue weighted by Gasteiger charge is -2.09. The fraction of sp³-hybridized carbons (Fsp3) is 0.200. The summed E-state index contributed by atoms with van der Waals surface area (Å²) in [6.07, 6.45) is 0. The molecular formula is C15H15Cl2NO. The van der Waals surface area contributed by atoms with E-state index in [0.717, 1.165) is 16.3 Å². The van der Waals surface area contributed by atoms with Gasteiger partial charge < -0.3 is 10.1 Å². The Hall–Kier alpha value is -1.22. The summed E-state index contributed by atoms with van der Waals surface area (Å²) in [5.41, 5.74) is 1.92. The molecular weight excluding hydrogens is 281 g/mol. The van der Waals surface area contributed by atoms with E-state index in [9.17, 15) is 0 Å². The second kappa shape index (κ2) is 7.39. The first-order chi connectivity index (χ1) is 9.27. The molecule has 0 saturated carbocycles. The third-order valence-electron chi connectivity index (χ3n) is 2.65. The Bertz CT molecular complexity index is 484. The van der Waals surface area contributed by atoms with Gasteiger partial charge in [0, 0.05) is 11.6 Å². The van der Waals surface area contributed by atoms with E-state index in [1.54, 1.807) is 0 Å². The maximum Gasteiger partial charge on any atom is 0.0732 e.